The minimum atomic E-state index is -0.662. The molecule has 1 fully saturated rings. The fourth-order valence-corrected chi connectivity index (χ4v) is 3.25. The molecule has 0 unspecified atom stereocenters. The summed E-state index contributed by atoms with van der Waals surface area (Å²) in [5, 5.41) is 10.4. The van der Waals surface area contributed by atoms with Gasteiger partial charge in [-0.2, -0.15) is 0 Å². The number of aliphatic hydroxyl groups is 1. The van der Waals surface area contributed by atoms with E-state index in [-0.39, 0.29) is 18.6 Å². The molecule has 120 valence electrons. The van der Waals surface area contributed by atoms with Gasteiger partial charge in [-0.05, 0) is 37.5 Å². The van der Waals surface area contributed by atoms with Gasteiger partial charge in [-0.15, -0.1) is 0 Å². The standard InChI is InChI=1S/C17H23NO4/c1-3-13-10-18(7-6-17(13,2)20)16(19)9-12-4-5-14-15(8-12)22-11-21-14/h4-5,8,13,20H,3,6-7,9-11H2,1-2H3/t13-,17+/m1/s1. The Kier molecular flexibility index (Phi) is 4.00. The normalized spacial score (nSPS) is 27.0. The number of carbonyl (C=O) groups excluding carboxylic acids is 1. The Morgan fingerprint density at radius 2 is 2.18 bits per heavy atom. The predicted octanol–water partition coefficient (Wildman–Crippen LogP) is 1.97. The van der Waals surface area contributed by atoms with Crippen LogP contribution in [0.2, 0.25) is 0 Å². The number of benzene rings is 1. The van der Waals surface area contributed by atoms with Crippen LogP contribution in [0.4, 0.5) is 0 Å². The highest BCUT2D eigenvalue weighted by Crippen LogP contribution is 2.33. The Balaban J connectivity index is 1.65. The molecule has 0 bridgehead atoms. The van der Waals surface area contributed by atoms with Gasteiger partial charge in [0.1, 0.15) is 0 Å². The van der Waals surface area contributed by atoms with E-state index in [2.05, 4.69) is 6.92 Å². The minimum absolute atomic E-state index is 0.104. The van der Waals surface area contributed by atoms with Gasteiger partial charge in [-0.1, -0.05) is 13.0 Å². The van der Waals surface area contributed by atoms with Crippen molar-refractivity contribution >= 4 is 5.91 Å². The van der Waals surface area contributed by atoms with Crippen LogP contribution in [0.25, 0.3) is 0 Å². The van der Waals surface area contributed by atoms with Crippen LogP contribution in [-0.4, -0.2) is 41.4 Å². The van der Waals surface area contributed by atoms with Gasteiger partial charge >= 0.3 is 0 Å². The maximum absolute atomic E-state index is 12.5. The van der Waals surface area contributed by atoms with E-state index in [9.17, 15) is 9.90 Å². The van der Waals surface area contributed by atoms with E-state index in [0.717, 1.165) is 17.7 Å². The number of piperidine rings is 1. The fraction of sp³-hybridized carbons (Fsp3) is 0.588. The molecule has 1 N–H and O–H groups in total. The maximum Gasteiger partial charge on any atom is 0.231 e. The lowest BCUT2D eigenvalue weighted by Crippen LogP contribution is -2.52. The molecule has 0 aliphatic carbocycles. The Labute approximate surface area is 130 Å². The number of hydrogen-bond acceptors (Lipinski definition) is 4. The topological polar surface area (TPSA) is 59.0 Å². The van der Waals surface area contributed by atoms with Gasteiger partial charge in [-0.3, -0.25) is 4.79 Å². The smallest absolute Gasteiger partial charge is 0.231 e. The average molecular weight is 305 g/mol. The largest absolute Gasteiger partial charge is 0.454 e. The lowest BCUT2D eigenvalue weighted by atomic mass is 9.81. The van der Waals surface area contributed by atoms with E-state index >= 15 is 0 Å². The van der Waals surface area contributed by atoms with Crippen molar-refractivity contribution in [2.24, 2.45) is 5.92 Å². The highest BCUT2D eigenvalue weighted by Gasteiger charge is 2.37. The van der Waals surface area contributed by atoms with Crippen molar-refractivity contribution in [3.05, 3.63) is 23.8 Å². The maximum atomic E-state index is 12.5. The van der Waals surface area contributed by atoms with Gasteiger partial charge in [0.25, 0.3) is 0 Å². The Morgan fingerprint density at radius 1 is 1.41 bits per heavy atom. The molecular weight excluding hydrogens is 282 g/mol. The molecule has 3 rings (SSSR count). The lowest BCUT2D eigenvalue weighted by Gasteiger charge is -2.42. The first-order valence-corrected chi connectivity index (χ1v) is 7.88. The third-order valence-corrected chi connectivity index (χ3v) is 4.85. The van der Waals surface area contributed by atoms with Crippen LogP contribution < -0.4 is 9.47 Å². The molecule has 1 aromatic rings. The molecule has 1 amide bonds. The second kappa shape index (κ2) is 5.80. The van der Waals surface area contributed by atoms with Gasteiger partial charge in [0, 0.05) is 19.0 Å². The summed E-state index contributed by atoms with van der Waals surface area (Å²) in [6, 6.07) is 5.63. The summed E-state index contributed by atoms with van der Waals surface area (Å²) in [5.41, 5.74) is 0.268. The average Bonchev–Trinajstić information content (AvgIpc) is 2.94. The Hall–Kier alpha value is -1.75. The molecule has 5 nitrogen and oxygen atoms in total. The molecule has 0 saturated carbocycles. The molecule has 5 heteroatoms. The molecule has 2 heterocycles. The highest BCUT2D eigenvalue weighted by atomic mass is 16.7. The van der Waals surface area contributed by atoms with Gasteiger partial charge in [0.15, 0.2) is 11.5 Å². The van der Waals surface area contributed by atoms with Crippen LogP contribution in [0.15, 0.2) is 18.2 Å². The van der Waals surface area contributed by atoms with Crippen molar-refractivity contribution in [2.75, 3.05) is 19.9 Å². The van der Waals surface area contributed by atoms with Crippen LogP contribution in [0.3, 0.4) is 0 Å². The van der Waals surface area contributed by atoms with Crippen molar-refractivity contribution in [3.63, 3.8) is 0 Å². The molecule has 2 atom stereocenters. The predicted molar refractivity (Wildman–Crippen MR) is 81.9 cm³/mol. The van der Waals surface area contributed by atoms with E-state index < -0.39 is 5.60 Å². The molecule has 2 aliphatic heterocycles. The van der Waals surface area contributed by atoms with E-state index in [4.69, 9.17) is 9.47 Å². The summed E-state index contributed by atoms with van der Waals surface area (Å²) in [4.78, 5) is 14.4. The van der Waals surface area contributed by atoms with Crippen LogP contribution in [-0.2, 0) is 11.2 Å². The number of carbonyl (C=O) groups is 1. The van der Waals surface area contributed by atoms with E-state index in [0.29, 0.717) is 31.7 Å². The van der Waals surface area contributed by atoms with Crippen LogP contribution in [0.5, 0.6) is 11.5 Å². The first kappa shape index (κ1) is 15.2. The van der Waals surface area contributed by atoms with Gasteiger partial charge < -0.3 is 19.5 Å². The van der Waals surface area contributed by atoms with Crippen molar-refractivity contribution in [1.82, 2.24) is 4.90 Å². The van der Waals surface area contributed by atoms with Crippen LogP contribution >= 0.6 is 0 Å². The third kappa shape index (κ3) is 2.90. The molecule has 1 saturated heterocycles. The van der Waals surface area contributed by atoms with Crippen LogP contribution in [0.1, 0.15) is 32.3 Å². The minimum Gasteiger partial charge on any atom is -0.454 e. The van der Waals surface area contributed by atoms with Crippen molar-refractivity contribution < 1.29 is 19.4 Å². The first-order valence-electron chi connectivity index (χ1n) is 7.88. The number of likely N-dealkylation sites (tertiary alicyclic amines) is 1. The van der Waals surface area contributed by atoms with Gasteiger partial charge in [0.2, 0.25) is 12.7 Å². The number of rotatable bonds is 3. The summed E-state index contributed by atoms with van der Waals surface area (Å²) in [6.45, 7) is 5.43. The zero-order valence-corrected chi connectivity index (χ0v) is 13.2. The van der Waals surface area contributed by atoms with E-state index in [1.165, 1.54) is 0 Å². The summed E-state index contributed by atoms with van der Waals surface area (Å²) >= 11 is 0. The van der Waals surface area contributed by atoms with Crippen molar-refractivity contribution in [3.8, 4) is 11.5 Å². The molecule has 0 aromatic heterocycles. The zero-order chi connectivity index (χ0) is 15.7. The summed E-state index contributed by atoms with van der Waals surface area (Å²) in [7, 11) is 0. The highest BCUT2D eigenvalue weighted by molar-refractivity contribution is 5.79. The quantitative estimate of drug-likeness (QED) is 0.927. The number of hydrogen-bond donors (Lipinski definition) is 1. The number of ether oxygens (including phenoxy) is 2. The SMILES string of the molecule is CC[C@@H]1CN(C(=O)Cc2ccc3c(c2)OCO3)CC[C@]1(C)O. The van der Waals surface area contributed by atoms with Crippen LogP contribution in [0, 0.1) is 5.92 Å². The van der Waals surface area contributed by atoms with Gasteiger partial charge in [0.05, 0.1) is 12.0 Å². The molecule has 22 heavy (non-hydrogen) atoms. The number of fused-ring (bicyclic) bond motifs is 1. The molecular formula is C17H23NO4. The Morgan fingerprint density at radius 3 is 2.95 bits per heavy atom. The second-order valence-corrected chi connectivity index (χ2v) is 6.42. The summed E-state index contributed by atoms with van der Waals surface area (Å²) in [5.74, 6) is 1.68. The van der Waals surface area contributed by atoms with Crippen molar-refractivity contribution in [2.45, 2.75) is 38.7 Å². The Bertz CT molecular complexity index is 570. The fourth-order valence-electron chi connectivity index (χ4n) is 3.25. The van der Waals surface area contributed by atoms with E-state index in [1.807, 2.05) is 30.0 Å². The molecule has 0 spiro atoms. The molecule has 2 aliphatic rings. The zero-order valence-electron chi connectivity index (χ0n) is 13.2. The number of nitrogens with zero attached hydrogens (tertiary/aromatic N) is 1. The lowest BCUT2D eigenvalue weighted by molar-refractivity contribution is -0.138. The summed E-state index contributed by atoms with van der Waals surface area (Å²) in [6.07, 6.45) is 1.87. The summed E-state index contributed by atoms with van der Waals surface area (Å²) < 4.78 is 10.6. The monoisotopic (exact) mass is 305 g/mol. The van der Waals surface area contributed by atoms with Gasteiger partial charge in [-0.25, -0.2) is 0 Å². The number of amides is 1. The first-order chi connectivity index (χ1) is 10.5. The molecule has 0 radical (unpaired) electrons. The van der Waals surface area contributed by atoms with E-state index in [1.54, 1.807) is 0 Å². The third-order valence-electron chi connectivity index (χ3n) is 4.85. The van der Waals surface area contributed by atoms with Crippen molar-refractivity contribution in [1.29, 1.82) is 0 Å². The molecule has 1 aromatic carbocycles. The second-order valence-electron chi connectivity index (χ2n) is 6.42.